The fraction of sp³-hybridized carbons (Fsp3) is 0.682. The molecular weight excluding hydrogens is 423 g/mol. The van der Waals surface area contributed by atoms with Crippen molar-refractivity contribution in [3.63, 3.8) is 0 Å². The first-order chi connectivity index (χ1) is 12.2. The van der Waals surface area contributed by atoms with Crippen molar-refractivity contribution in [2.24, 2.45) is 11.8 Å². The maximum Gasteiger partial charge on any atom is 0.338 e. The number of hydrogen-bond donors (Lipinski definition) is 0. The Hall–Kier alpha value is -0.580. The van der Waals surface area contributed by atoms with Crippen LogP contribution >= 0.6 is 22.6 Å². The fourth-order valence-corrected chi connectivity index (χ4v) is 4.16. The number of unbranched alkanes of at least 4 members (excludes halogenated alkanes) is 4. The third-order valence-electron chi connectivity index (χ3n) is 5.38. The van der Waals surface area contributed by atoms with E-state index in [-0.39, 0.29) is 5.97 Å². The highest BCUT2D eigenvalue weighted by molar-refractivity contribution is 14.1. The molecule has 140 valence electrons. The lowest BCUT2D eigenvalue weighted by atomic mass is 10.0. The molecule has 0 N–H and O–H groups in total. The first kappa shape index (κ1) is 20.7. The Morgan fingerprint density at radius 3 is 2.68 bits per heavy atom. The van der Waals surface area contributed by atoms with Crippen LogP contribution in [0.3, 0.4) is 0 Å². The van der Waals surface area contributed by atoms with Crippen LogP contribution in [0.4, 0.5) is 0 Å². The minimum absolute atomic E-state index is 0.169. The van der Waals surface area contributed by atoms with Crippen LogP contribution in [0.1, 0.15) is 87.6 Å². The van der Waals surface area contributed by atoms with Gasteiger partial charge in [0.1, 0.15) is 0 Å². The van der Waals surface area contributed by atoms with Gasteiger partial charge in [-0.15, -0.1) is 0 Å². The van der Waals surface area contributed by atoms with Gasteiger partial charge in [-0.1, -0.05) is 52.4 Å². The van der Waals surface area contributed by atoms with Crippen molar-refractivity contribution >= 4 is 28.6 Å². The standard InChI is InChI=1S/C22H33IO2/c1-3-5-6-9-14-25-22(24)20-12-13-21(23)19(16-20)11-8-7-10-18-15-17(18)4-2/h12-13,16-18H,3-11,14-15H2,1-2H3. The molecular formula is C22H33IO2. The lowest BCUT2D eigenvalue weighted by molar-refractivity contribution is 0.0497. The third kappa shape index (κ3) is 7.28. The third-order valence-corrected chi connectivity index (χ3v) is 6.43. The van der Waals surface area contributed by atoms with Gasteiger partial charge in [-0.25, -0.2) is 4.79 Å². The molecule has 2 nitrogen and oxygen atoms in total. The van der Waals surface area contributed by atoms with Crippen LogP contribution < -0.4 is 0 Å². The molecule has 25 heavy (non-hydrogen) atoms. The normalized spacial score (nSPS) is 19.0. The van der Waals surface area contributed by atoms with Crippen molar-refractivity contribution < 1.29 is 9.53 Å². The van der Waals surface area contributed by atoms with Crippen LogP contribution in [0.25, 0.3) is 0 Å². The molecule has 2 rings (SSSR count). The average molecular weight is 456 g/mol. The molecule has 0 bridgehead atoms. The van der Waals surface area contributed by atoms with E-state index < -0.39 is 0 Å². The molecule has 0 aliphatic heterocycles. The summed E-state index contributed by atoms with van der Waals surface area (Å²) in [5.74, 6) is 1.84. The number of carbonyl (C=O) groups excluding carboxylic acids is 1. The molecule has 1 aromatic rings. The van der Waals surface area contributed by atoms with E-state index in [1.54, 1.807) is 0 Å². The molecule has 2 unspecified atom stereocenters. The molecule has 0 saturated heterocycles. The predicted molar refractivity (Wildman–Crippen MR) is 113 cm³/mol. The number of carbonyl (C=O) groups is 1. The van der Waals surface area contributed by atoms with E-state index in [0.717, 1.165) is 31.1 Å². The van der Waals surface area contributed by atoms with Crippen LogP contribution in [0.5, 0.6) is 0 Å². The molecule has 0 radical (unpaired) electrons. The number of rotatable bonds is 12. The van der Waals surface area contributed by atoms with Crippen LogP contribution in [0.15, 0.2) is 18.2 Å². The molecule has 1 fully saturated rings. The number of ether oxygens (including phenoxy) is 1. The van der Waals surface area contributed by atoms with E-state index in [1.165, 1.54) is 54.1 Å². The summed E-state index contributed by atoms with van der Waals surface area (Å²) in [6.45, 7) is 5.04. The van der Waals surface area contributed by atoms with E-state index in [9.17, 15) is 4.79 Å². The Bertz CT molecular complexity index is 541. The minimum atomic E-state index is -0.169. The molecule has 1 aromatic carbocycles. The molecule has 2 atom stereocenters. The Balaban J connectivity index is 1.73. The molecule has 1 aliphatic rings. The van der Waals surface area contributed by atoms with Crippen LogP contribution in [-0.4, -0.2) is 12.6 Å². The highest BCUT2D eigenvalue weighted by Crippen LogP contribution is 2.44. The number of halogens is 1. The maximum atomic E-state index is 12.2. The monoisotopic (exact) mass is 456 g/mol. The SMILES string of the molecule is CCCCCCOC(=O)c1ccc(I)c(CCCCC2CC2CC)c1. The van der Waals surface area contributed by atoms with Crippen LogP contribution in [0.2, 0.25) is 0 Å². The summed E-state index contributed by atoms with van der Waals surface area (Å²) in [4.78, 5) is 12.2. The lowest BCUT2D eigenvalue weighted by Gasteiger charge is -2.09. The van der Waals surface area contributed by atoms with Gasteiger partial charge < -0.3 is 4.74 Å². The summed E-state index contributed by atoms with van der Waals surface area (Å²) in [5.41, 5.74) is 2.00. The van der Waals surface area contributed by atoms with Gasteiger partial charge in [-0.3, -0.25) is 0 Å². The second kappa shape index (κ2) is 11.2. The Kier molecular flexibility index (Phi) is 9.29. The average Bonchev–Trinajstić information content (AvgIpc) is 3.38. The molecule has 3 heteroatoms. The number of benzene rings is 1. The smallest absolute Gasteiger partial charge is 0.338 e. The van der Waals surface area contributed by atoms with Crippen molar-refractivity contribution in [2.75, 3.05) is 6.61 Å². The zero-order valence-corrected chi connectivity index (χ0v) is 18.0. The second-order valence-electron chi connectivity index (χ2n) is 7.41. The summed E-state index contributed by atoms with van der Waals surface area (Å²) >= 11 is 2.38. The van der Waals surface area contributed by atoms with E-state index in [4.69, 9.17) is 4.74 Å². The first-order valence-electron chi connectivity index (χ1n) is 10.1. The van der Waals surface area contributed by atoms with Gasteiger partial charge in [0.2, 0.25) is 0 Å². The van der Waals surface area contributed by atoms with Crippen molar-refractivity contribution in [1.82, 2.24) is 0 Å². The van der Waals surface area contributed by atoms with Gasteiger partial charge in [0, 0.05) is 3.57 Å². The highest BCUT2D eigenvalue weighted by atomic mass is 127. The van der Waals surface area contributed by atoms with Gasteiger partial charge in [0.15, 0.2) is 0 Å². The summed E-state index contributed by atoms with van der Waals surface area (Å²) < 4.78 is 6.68. The van der Waals surface area contributed by atoms with Gasteiger partial charge in [0.25, 0.3) is 0 Å². The van der Waals surface area contributed by atoms with Gasteiger partial charge >= 0.3 is 5.97 Å². The Morgan fingerprint density at radius 2 is 1.96 bits per heavy atom. The predicted octanol–water partition coefficient (Wildman–Crippen LogP) is 6.79. The first-order valence-corrected chi connectivity index (χ1v) is 11.2. The van der Waals surface area contributed by atoms with Gasteiger partial charge in [0.05, 0.1) is 12.2 Å². The van der Waals surface area contributed by atoms with E-state index in [1.807, 2.05) is 12.1 Å². The van der Waals surface area contributed by atoms with Gasteiger partial charge in [-0.05, 0) is 83.9 Å². The van der Waals surface area contributed by atoms with Crippen LogP contribution in [0, 0.1) is 15.4 Å². The Morgan fingerprint density at radius 1 is 1.12 bits per heavy atom. The molecule has 0 heterocycles. The minimum Gasteiger partial charge on any atom is -0.462 e. The molecule has 0 spiro atoms. The Labute approximate surface area is 167 Å². The summed E-state index contributed by atoms with van der Waals surface area (Å²) in [7, 11) is 0. The largest absolute Gasteiger partial charge is 0.462 e. The van der Waals surface area contributed by atoms with Crippen LogP contribution in [-0.2, 0) is 11.2 Å². The second-order valence-corrected chi connectivity index (χ2v) is 8.57. The fourth-order valence-electron chi connectivity index (χ4n) is 3.56. The quantitative estimate of drug-likeness (QED) is 0.197. The van der Waals surface area contributed by atoms with E-state index in [0.29, 0.717) is 12.2 Å². The number of esters is 1. The number of hydrogen-bond acceptors (Lipinski definition) is 2. The molecule has 0 aromatic heterocycles. The highest BCUT2D eigenvalue weighted by Gasteiger charge is 2.33. The summed E-state index contributed by atoms with van der Waals surface area (Å²) in [6.07, 6.45) is 12.3. The molecule has 1 aliphatic carbocycles. The zero-order valence-electron chi connectivity index (χ0n) is 15.9. The van der Waals surface area contributed by atoms with Gasteiger partial charge in [-0.2, -0.15) is 0 Å². The van der Waals surface area contributed by atoms with Crippen molar-refractivity contribution in [2.45, 2.75) is 78.1 Å². The zero-order chi connectivity index (χ0) is 18.1. The topological polar surface area (TPSA) is 26.3 Å². The summed E-state index contributed by atoms with van der Waals surface area (Å²) in [6, 6.07) is 6.00. The molecule has 0 amide bonds. The van der Waals surface area contributed by atoms with E-state index in [2.05, 4.69) is 42.5 Å². The van der Waals surface area contributed by atoms with Crippen molar-refractivity contribution in [1.29, 1.82) is 0 Å². The summed E-state index contributed by atoms with van der Waals surface area (Å²) in [5, 5.41) is 0. The van der Waals surface area contributed by atoms with Crippen molar-refractivity contribution in [3.8, 4) is 0 Å². The lowest BCUT2D eigenvalue weighted by Crippen LogP contribution is -2.07. The van der Waals surface area contributed by atoms with Crippen molar-refractivity contribution in [3.05, 3.63) is 32.9 Å². The number of aryl methyl sites for hydroxylation is 1. The van der Waals surface area contributed by atoms with E-state index >= 15 is 0 Å². The maximum absolute atomic E-state index is 12.2. The molecule has 1 saturated carbocycles.